The van der Waals surface area contributed by atoms with Crippen molar-refractivity contribution in [3.63, 3.8) is 0 Å². The fourth-order valence-corrected chi connectivity index (χ4v) is 3.77. The molecule has 0 aromatic carbocycles. The van der Waals surface area contributed by atoms with Gasteiger partial charge in [0.1, 0.15) is 0 Å². The van der Waals surface area contributed by atoms with E-state index in [0.717, 1.165) is 18.4 Å². The van der Waals surface area contributed by atoms with Crippen molar-refractivity contribution < 1.29 is 0 Å². The highest BCUT2D eigenvalue weighted by Gasteiger charge is 2.36. The Labute approximate surface area is 120 Å². The van der Waals surface area contributed by atoms with E-state index in [1.54, 1.807) is 0 Å². The van der Waals surface area contributed by atoms with E-state index in [-0.39, 0.29) is 0 Å². The predicted molar refractivity (Wildman–Crippen MR) is 84.6 cm³/mol. The lowest BCUT2D eigenvalue weighted by Crippen LogP contribution is -2.57. The Kier molecular flexibility index (Phi) is 7.33. The van der Waals surface area contributed by atoms with Gasteiger partial charge >= 0.3 is 0 Å². The molecule has 0 saturated heterocycles. The lowest BCUT2D eigenvalue weighted by molar-refractivity contribution is 0.0592. The monoisotopic (exact) mass is 269 g/mol. The second kappa shape index (κ2) is 8.23. The first-order valence-corrected chi connectivity index (χ1v) is 8.05. The number of hydrogen-bond acceptors (Lipinski definition) is 3. The molecule has 4 atom stereocenters. The first-order valence-electron chi connectivity index (χ1n) is 8.05. The molecule has 0 aromatic heterocycles. The van der Waals surface area contributed by atoms with Crippen molar-refractivity contribution in [2.45, 2.75) is 52.1 Å². The van der Waals surface area contributed by atoms with Crippen LogP contribution < -0.4 is 5.32 Å². The van der Waals surface area contributed by atoms with Crippen LogP contribution in [0.1, 0.15) is 40.0 Å². The van der Waals surface area contributed by atoms with E-state index in [9.17, 15) is 0 Å². The quantitative estimate of drug-likeness (QED) is 0.765. The third kappa shape index (κ3) is 5.05. The Morgan fingerprint density at radius 3 is 2.26 bits per heavy atom. The number of likely N-dealkylation sites (N-methyl/N-ethyl adjacent to an activating group) is 2. The van der Waals surface area contributed by atoms with Gasteiger partial charge in [0, 0.05) is 25.2 Å². The Morgan fingerprint density at radius 2 is 1.74 bits per heavy atom. The van der Waals surface area contributed by atoms with Gasteiger partial charge < -0.3 is 10.2 Å². The lowest BCUT2D eigenvalue weighted by Gasteiger charge is -2.46. The largest absolute Gasteiger partial charge is 0.315 e. The molecule has 0 aliphatic heterocycles. The highest BCUT2D eigenvalue weighted by molar-refractivity contribution is 4.93. The first kappa shape index (κ1) is 16.9. The second-order valence-corrected chi connectivity index (χ2v) is 6.78. The minimum Gasteiger partial charge on any atom is -0.315 e. The Hall–Kier alpha value is -0.120. The summed E-state index contributed by atoms with van der Waals surface area (Å²) in [5.41, 5.74) is 0. The Morgan fingerprint density at radius 1 is 1.05 bits per heavy atom. The van der Waals surface area contributed by atoms with Crippen molar-refractivity contribution in [2.24, 2.45) is 11.8 Å². The van der Waals surface area contributed by atoms with Gasteiger partial charge in [0.2, 0.25) is 0 Å². The van der Waals surface area contributed by atoms with Gasteiger partial charge in [-0.3, -0.25) is 4.90 Å². The van der Waals surface area contributed by atoms with Gasteiger partial charge in [0.05, 0.1) is 0 Å². The van der Waals surface area contributed by atoms with Gasteiger partial charge in [-0.25, -0.2) is 0 Å². The molecule has 19 heavy (non-hydrogen) atoms. The molecule has 0 heterocycles. The van der Waals surface area contributed by atoms with Crippen LogP contribution in [0.25, 0.3) is 0 Å². The van der Waals surface area contributed by atoms with E-state index in [4.69, 9.17) is 0 Å². The van der Waals surface area contributed by atoms with Gasteiger partial charge in [-0.05, 0) is 58.8 Å². The molecule has 0 radical (unpaired) electrons. The summed E-state index contributed by atoms with van der Waals surface area (Å²) in [5.74, 6) is 1.66. The average Bonchev–Trinajstić information content (AvgIpc) is 2.34. The predicted octanol–water partition coefficient (Wildman–Crippen LogP) is 2.28. The summed E-state index contributed by atoms with van der Waals surface area (Å²) in [4.78, 5) is 5.03. The zero-order valence-electron chi connectivity index (χ0n) is 13.9. The topological polar surface area (TPSA) is 18.5 Å². The van der Waals surface area contributed by atoms with Crippen molar-refractivity contribution in [3.05, 3.63) is 0 Å². The third-order valence-corrected chi connectivity index (χ3v) is 4.56. The fourth-order valence-electron chi connectivity index (χ4n) is 3.77. The molecule has 0 bridgehead atoms. The van der Waals surface area contributed by atoms with Gasteiger partial charge in [-0.1, -0.05) is 20.8 Å². The van der Waals surface area contributed by atoms with Crippen LogP contribution in [0.4, 0.5) is 0 Å². The summed E-state index contributed by atoms with van der Waals surface area (Å²) >= 11 is 0. The number of nitrogens with one attached hydrogen (secondary N) is 1. The van der Waals surface area contributed by atoms with E-state index in [1.165, 1.54) is 32.4 Å². The van der Waals surface area contributed by atoms with E-state index >= 15 is 0 Å². The minimum atomic E-state index is 0.660. The van der Waals surface area contributed by atoms with Crippen molar-refractivity contribution >= 4 is 0 Å². The third-order valence-electron chi connectivity index (χ3n) is 4.56. The molecule has 1 aliphatic carbocycles. The van der Waals surface area contributed by atoms with Gasteiger partial charge in [0.25, 0.3) is 0 Å². The van der Waals surface area contributed by atoms with Crippen molar-refractivity contribution in [1.82, 2.24) is 15.1 Å². The maximum atomic E-state index is 3.59. The first-order chi connectivity index (χ1) is 8.99. The summed E-state index contributed by atoms with van der Waals surface area (Å²) in [6.07, 6.45) is 3.96. The maximum Gasteiger partial charge on any atom is 0.0275 e. The van der Waals surface area contributed by atoms with Crippen molar-refractivity contribution in [1.29, 1.82) is 0 Å². The molecule has 114 valence electrons. The number of rotatable bonds is 7. The molecular weight excluding hydrogens is 234 g/mol. The Balaban J connectivity index is 2.72. The molecule has 1 aliphatic rings. The SMILES string of the molecule is CCCN(CCN(C)C)C1C(C)CC(C)CC1NC. The Bertz CT molecular complexity index is 242. The van der Waals surface area contributed by atoms with Gasteiger partial charge in [-0.2, -0.15) is 0 Å². The zero-order valence-corrected chi connectivity index (χ0v) is 13.9. The molecule has 0 amide bonds. The molecule has 3 nitrogen and oxygen atoms in total. The number of nitrogens with zero attached hydrogens (tertiary/aromatic N) is 2. The average molecular weight is 269 g/mol. The minimum absolute atomic E-state index is 0.660. The van der Waals surface area contributed by atoms with Crippen LogP contribution in [0.15, 0.2) is 0 Å². The standard InChI is InChI=1S/C16H35N3/c1-7-8-19(10-9-18(5)6)16-14(3)11-13(2)12-15(16)17-4/h13-17H,7-12H2,1-6H3. The van der Waals surface area contributed by atoms with Crippen LogP contribution in [0, 0.1) is 11.8 Å². The van der Waals surface area contributed by atoms with Crippen molar-refractivity contribution in [3.8, 4) is 0 Å². The van der Waals surface area contributed by atoms with Crippen LogP contribution in [0.3, 0.4) is 0 Å². The molecule has 4 unspecified atom stereocenters. The van der Waals surface area contributed by atoms with Gasteiger partial charge in [0.15, 0.2) is 0 Å². The molecular formula is C16H35N3. The van der Waals surface area contributed by atoms with Crippen LogP contribution in [-0.2, 0) is 0 Å². The van der Waals surface area contributed by atoms with Crippen LogP contribution in [0.5, 0.6) is 0 Å². The second-order valence-electron chi connectivity index (χ2n) is 6.78. The summed E-state index contributed by atoms with van der Waals surface area (Å²) in [6, 6.07) is 1.37. The molecule has 3 heteroatoms. The van der Waals surface area contributed by atoms with Gasteiger partial charge in [-0.15, -0.1) is 0 Å². The summed E-state index contributed by atoms with van der Waals surface area (Å²) in [5, 5.41) is 3.59. The van der Waals surface area contributed by atoms with E-state index < -0.39 is 0 Å². The molecule has 1 rings (SSSR count). The zero-order chi connectivity index (χ0) is 14.4. The highest BCUT2D eigenvalue weighted by atomic mass is 15.2. The van der Waals surface area contributed by atoms with E-state index in [1.807, 2.05) is 0 Å². The summed E-state index contributed by atoms with van der Waals surface area (Å²) in [7, 11) is 6.48. The summed E-state index contributed by atoms with van der Waals surface area (Å²) < 4.78 is 0. The fraction of sp³-hybridized carbons (Fsp3) is 1.00. The molecule has 1 fully saturated rings. The van der Waals surface area contributed by atoms with Crippen molar-refractivity contribution in [2.75, 3.05) is 40.8 Å². The highest BCUT2D eigenvalue weighted by Crippen LogP contribution is 2.32. The molecule has 0 aromatic rings. The maximum absolute atomic E-state index is 3.59. The van der Waals surface area contributed by atoms with Crippen LogP contribution in [0.2, 0.25) is 0 Å². The van der Waals surface area contributed by atoms with E-state index in [2.05, 4.69) is 57.0 Å². The van der Waals surface area contributed by atoms with Crippen LogP contribution >= 0.6 is 0 Å². The van der Waals surface area contributed by atoms with Crippen LogP contribution in [-0.4, -0.2) is 62.7 Å². The normalized spacial score (nSPS) is 32.2. The summed E-state index contributed by atoms with van der Waals surface area (Å²) in [6.45, 7) is 10.7. The molecule has 1 saturated carbocycles. The number of hydrogen-bond donors (Lipinski definition) is 1. The lowest BCUT2D eigenvalue weighted by atomic mass is 9.75. The smallest absolute Gasteiger partial charge is 0.0275 e. The van der Waals surface area contributed by atoms with E-state index in [0.29, 0.717) is 12.1 Å². The molecule has 1 N–H and O–H groups in total. The molecule has 0 spiro atoms.